The van der Waals surface area contributed by atoms with Gasteiger partial charge in [-0.25, -0.2) is 14.6 Å². The highest BCUT2D eigenvalue weighted by atomic mass is 16.5. The number of carbonyl (C=O) groups excluding carboxylic acids is 1. The summed E-state index contributed by atoms with van der Waals surface area (Å²) in [5.41, 5.74) is 1.38. The van der Waals surface area contributed by atoms with Crippen LogP contribution in [0, 0.1) is 0 Å². The van der Waals surface area contributed by atoms with Crippen LogP contribution in [0.15, 0.2) is 42.6 Å². The number of anilines is 1. The van der Waals surface area contributed by atoms with Crippen LogP contribution in [0.25, 0.3) is 0 Å². The van der Waals surface area contributed by atoms with Gasteiger partial charge in [0, 0.05) is 25.8 Å². The lowest BCUT2D eigenvalue weighted by atomic mass is 10.2. The number of nitrogens with one attached hydrogen (secondary N) is 2. The first-order chi connectivity index (χ1) is 13.5. The summed E-state index contributed by atoms with van der Waals surface area (Å²) >= 11 is 0. The number of nitrogens with zero attached hydrogens (tertiary/aromatic N) is 1. The van der Waals surface area contributed by atoms with Gasteiger partial charge in [-0.2, -0.15) is 0 Å². The summed E-state index contributed by atoms with van der Waals surface area (Å²) < 4.78 is 10.4. The molecular formula is C20H25N3O5. The molecule has 1 heterocycles. The summed E-state index contributed by atoms with van der Waals surface area (Å²) in [7, 11) is 0. The van der Waals surface area contributed by atoms with Crippen LogP contribution in [0.4, 0.5) is 5.82 Å². The third-order valence-corrected chi connectivity index (χ3v) is 3.55. The molecule has 28 heavy (non-hydrogen) atoms. The van der Waals surface area contributed by atoms with Crippen molar-refractivity contribution in [1.29, 1.82) is 0 Å². The number of hydrogen-bond acceptors (Lipinski definition) is 7. The van der Waals surface area contributed by atoms with E-state index in [-0.39, 0.29) is 12.7 Å². The third kappa shape index (κ3) is 7.24. The summed E-state index contributed by atoms with van der Waals surface area (Å²) in [6, 6.07) is 10.6. The molecule has 2 rings (SSSR count). The van der Waals surface area contributed by atoms with E-state index in [1.165, 1.54) is 0 Å². The molecule has 150 valence electrons. The Kier molecular flexibility index (Phi) is 8.23. The third-order valence-electron chi connectivity index (χ3n) is 3.55. The highest BCUT2D eigenvalue weighted by Gasteiger charge is 2.14. The van der Waals surface area contributed by atoms with Crippen LogP contribution in [0.5, 0.6) is 5.75 Å². The van der Waals surface area contributed by atoms with E-state index in [4.69, 9.17) is 14.6 Å². The van der Waals surface area contributed by atoms with E-state index in [0.717, 1.165) is 5.56 Å². The number of benzene rings is 1. The summed E-state index contributed by atoms with van der Waals surface area (Å²) in [5.74, 6) is -0.418. The lowest BCUT2D eigenvalue weighted by Gasteiger charge is -2.13. The Balaban J connectivity index is 1.79. The Labute approximate surface area is 163 Å². The quantitative estimate of drug-likeness (QED) is 0.398. The zero-order valence-electron chi connectivity index (χ0n) is 16.0. The van der Waals surface area contributed by atoms with E-state index in [2.05, 4.69) is 15.6 Å². The summed E-state index contributed by atoms with van der Waals surface area (Å²) in [6.07, 6.45) is 1.42. The maximum absolute atomic E-state index is 12.1. The highest BCUT2D eigenvalue weighted by Crippen LogP contribution is 2.14. The van der Waals surface area contributed by atoms with Crippen LogP contribution in [0.2, 0.25) is 0 Å². The molecule has 8 heteroatoms. The molecule has 8 nitrogen and oxygen atoms in total. The molecule has 0 unspecified atom stereocenters. The van der Waals surface area contributed by atoms with Crippen molar-refractivity contribution in [2.75, 3.05) is 25.0 Å². The minimum Gasteiger partial charge on any atom is -0.482 e. The second-order valence-corrected chi connectivity index (χ2v) is 6.29. The monoisotopic (exact) mass is 387 g/mol. The van der Waals surface area contributed by atoms with Crippen molar-refractivity contribution in [2.24, 2.45) is 0 Å². The van der Waals surface area contributed by atoms with Gasteiger partial charge in [-0.05, 0) is 43.7 Å². The van der Waals surface area contributed by atoms with Crippen molar-refractivity contribution in [2.45, 2.75) is 26.5 Å². The second kappa shape index (κ2) is 10.9. The molecule has 0 aliphatic rings. The molecule has 3 N–H and O–H groups in total. The van der Waals surface area contributed by atoms with Gasteiger partial charge in [0.25, 0.3) is 0 Å². The van der Waals surface area contributed by atoms with Crippen LogP contribution in [0.3, 0.4) is 0 Å². The summed E-state index contributed by atoms with van der Waals surface area (Å²) in [6.45, 7) is 5.02. The first-order valence-corrected chi connectivity index (χ1v) is 9.00. The largest absolute Gasteiger partial charge is 0.482 e. The minimum absolute atomic E-state index is 0.197. The molecule has 0 bridgehead atoms. The van der Waals surface area contributed by atoms with E-state index in [9.17, 15) is 9.59 Å². The standard InChI is InChI=1S/C20H25N3O5/c1-14(2)28-20(26)17-7-4-8-22-19(17)23-10-9-21-12-15-5-3-6-16(11-15)27-13-18(24)25/h3-8,11,14,21H,9-10,12-13H2,1-2H3,(H,22,23)(H,24,25). The Bertz CT molecular complexity index is 795. The highest BCUT2D eigenvalue weighted by molar-refractivity contribution is 5.94. The number of esters is 1. The van der Waals surface area contributed by atoms with Crippen LogP contribution < -0.4 is 15.4 Å². The first kappa shape index (κ1) is 21.2. The predicted molar refractivity (Wildman–Crippen MR) is 105 cm³/mol. The van der Waals surface area contributed by atoms with Gasteiger partial charge in [0.05, 0.1) is 6.10 Å². The zero-order chi connectivity index (χ0) is 20.4. The van der Waals surface area contributed by atoms with E-state index >= 15 is 0 Å². The maximum Gasteiger partial charge on any atom is 0.342 e. The van der Waals surface area contributed by atoms with Gasteiger partial charge < -0.3 is 25.2 Å². The fourth-order valence-corrected chi connectivity index (χ4v) is 2.38. The molecule has 1 aromatic heterocycles. The fraction of sp³-hybridized carbons (Fsp3) is 0.350. The van der Waals surface area contributed by atoms with Gasteiger partial charge in [-0.1, -0.05) is 12.1 Å². The van der Waals surface area contributed by atoms with Crippen LogP contribution in [0.1, 0.15) is 29.8 Å². The fourth-order valence-electron chi connectivity index (χ4n) is 2.38. The van der Waals surface area contributed by atoms with Crippen molar-refractivity contribution in [3.63, 3.8) is 0 Å². The average Bonchev–Trinajstić information content (AvgIpc) is 2.66. The molecule has 2 aromatic rings. The molecule has 0 amide bonds. The molecule has 0 saturated carbocycles. The molecule has 0 saturated heterocycles. The van der Waals surface area contributed by atoms with E-state index in [0.29, 0.717) is 36.8 Å². The Morgan fingerprint density at radius 3 is 2.75 bits per heavy atom. The number of aromatic nitrogens is 1. The predicted octanol–water partition coefficient (Wildman–Crippen LogP) is 2.31. The second-order valence-electron chi connectivity index (χ2n) is 6.29. The normalized spacial score (nSPS) is 10.5. The topological polar surface area (TPSA) is 110 Å². The minimum atomic E-state index is -1.01. The molecule has 0 fully saturated rings. The summed E-state index contributed by atoms with van der Waals surface area (Å²) in [5, 5.41) is 15.1. The van der Waals surface area contributed by atoms with Crippen LogP contribution in [-0.2, 0) is 16.1 Å². The number of ether oxygens (including phenoxy) is 2. The van der Waals surface area contributed by atoms with Gasteiger partial charge in [0.2, 0.25) is 0 Å². The Hall–Kier alpha value is -3.13. The number of carboxylic acids is 1. The van der Waals surface area contributed by atoms with Gasteiger partial charge in [-0.3, -0.25) is 0 Å². The van der Waals surface area contributed by atoms with Crippen molar-refractivity contribution < 1.29 is 24.2 Å². The van der Waals surface area contributed by atoms with Crippen molar-refractivity contribution in [3.05, 3.63) is 53.7 Å². The van der Waals surface area contributed by atoms with Gasteiger partial charge in [0.1, 0.15) is 17.1 Å². The molecule has 0 aliphatic carbocycles. The van der Waals surface area contributed by atoms with Gasteiger partial charge in [0.15, 0.2) is 6.61 Å². The molecule has 0 atom stereocenters. The van der Waals surface area contributed by atoms with Crippen LogP contribution >= 0.6 is 0 Å². The lowest BCUT2D eigenvalue weighted by molar-refractivity contribution is -0.139. The van der Waals surface area contributed by atoms with Crippen molar-refractivity contribution in [1.82, 2.24) is 10.3 Å². The summed E-state index contributed by atoms with van der Waals surface area (Å²) in [4.78, 5) is 26.9. The molecule has 0 radical (unpaired) electrons. The van der Waals surface area contributed by atoms with Crippen molar-refractivity contribution in [3.8, 4) is 5.75 Å². The number of carbonyl (C=O) groups is 2. The SMILES string of the molecule is CC(C)OC(=O)c1cccnc1NCCNCc1cccc(OCC(=O)O)c1. The van der Waals surface area contributed by atoms with Crippen molar-refractivity contribution >= 4 is 17.8 Å². The lowest BCUT2D eigenvalue weighted by Crippen LogP contribution is -2.23. The van der Waals surface area contributed by atoms with E-state index in [1.54, 1.807) is 44.3 Å². The maximum atomic E-state index is 12.1. The first-order valence-electron chi connectivity index (χ1n) is 9.00. The molecule has 1 aromatic carbocycles. The number of pyridine rings is 1. The van der Waals surface area contributed by atoms with E-state index in [1.807, 2.05) is 12.1 Å². The van der Waals surface area contributed by atoms with E-state index < -0.39 is 11.9 Å². The smallest absolute Gasteiger partial charge is 0.342 e. The van der Waals surface area contributed by atoms with Gasteiger partial charge in [-0.15, -0.1) is 0 Å². The van der Waals surface area contributed by atoms with Gasteiger partial charge >= 0.3 is 11.9 Å². The number of hydrogen-bond donors (Lipinski definition) is 3. The number of aliphatic carboxylic acids is 1. The number of carboxylic acid groups (broad SMARTS) is 1. The Morgan fingerprint density at radius 1 is 1.18 bits per heavy atom. The van der Waals surface area contributed by atoms with Crippen LogP contribution in [-0.4, -0.2) is 47.8 Å². The average molecular weight is 387 g/mol. The molecule has 0 spiro atoms. The Morgan fingerprint density at radius 2 is 2.00 bits per heavy atom. The number of rotatable bonds is 11. The molecule has 0 aliphatic heterocycles. The molecular weight excluding hydrogens is 362 g/mol. The zero-order valence-corrected chi connectivity index (χ0v) is 16.0.